The lowest BCUT2D eigenvalue weighted by Gasteiger charge is -2.23. The molecule has 3 rings (SSSR count). The number of morpholine rings is 1. The summed E-state index contributed by atoms with van der Waals surface area (Å²) < 4.78 is 11.4. The minimum Gasteiger partial charge on any atom is -0.494 e. The standard InChI is InChI=1S/C14H16N4O5/c19-12-11(8-15-17-3-6-22-7-4-17)13(20)18(14(21)16-12)9-10-2-1-5-23-10/h1-2,5,8,20H,3-4,6-7,9H2,(H,16,19,21). The third-order valence-electron chi connectivity index (χ3n) is 3.44. The molecule has 9 nitrogen and oxygen atoms in total. The van der Waals surface area contributed by atoms with Gasteiger partial charge in [-0.3, -0.25) is 19.4 Å². The molecule has 0 aliphatic carbocycles. The number of hydrogen-bond acceptors (Lipinski definition) is 7. The lowest BCUT2D eigenvalue weighted by atomic mass is 10.3. The Balaban J connectivity index is 1.91. The van der Waals surface area contributed by atoms with Gasteiger partial charge in [0.2, 0.25) is 5.88 Å². The Hall–Kier alpha value is -2.81. The summed E-state index contributed by atoms with van der Waals surface area (Å²) in [5.74, 6) is 0.0256. The van der Waals surface area contributed by atoms with Crippen LogP contribution in [-0.4, -0.2) is 52.2 Å². The SMILES string of the molecule is O=c1[nH]c(=O)n(Cc2ccco2)c(O)c1C=NN1CCOCC1. The second-order valence-electron chi connectivity index (χ2n) is 4.97. The molecule has 23 heavy (non-hydrogen) atoms. The van der Waals surface area contributed by atoms with E-state index in [9.17, 15) is 14.7 Å². The van der Waals surface area contributed by atoms with Crippen LogP contribution < -0.4 is 11.2 Å². The second kappa shape index (κ2) is 6.53. The largest absolute Gasteiger partial charge is 0.494 e. The molecule has 0 amide bonds. The van der Waals surface area contributed by atoms with Crippen LogP contribution in [0, 0.1) is 0 Å². The van der Waals surface area contributed by atoms with Crippen molar-refractivity contribution in [2.75, 3.05) is 26.3 Å². The van der Waals surface area contributed by atoms with Gasteiger partial charge in [-0.25, -0.2) is 4.79 Å². The molecule has 3 heterocycles. The molecule has 2 N–H and O–H groups in total. The summed E-state index contributed by atoms with van der Waals surface area (Å²) in [6.07, 6.45) is 2.71. The van der Waals surface area contributed by atoms with Crippen molar-refractivity contribution in [3.63, 3.8) is 0 Å². The number of furan rings is 1. The van der Waals surface area contributed by atoms with E-state index in [2.05, 4.69) is 10.1 Å². The lowest BCUT2D eigenvalue weighted by molar-refractivity contribution is 0.0396. The molecule has 0 spiro atoms. The summed E-state index contributed by atoms with van der Waals surface area (Å²) in [5.41, 5.74) is -1.49. The maximum absolute atomic E-state index is 11.9. The minimum absolute atomic E-state index is 0.00679. The first-order valence-electron chi connectivity index (χ1n) is 7.10. The molecule has 0 atom stereocenters. The average molecular weight is 320 g/mol. The maximum Gasteiger partial charge on any atom is 0.331 e. The molecule has 1 saturated heterocycles. The van der Waals surface area contributed by atoms with E-state index in [0.717, 1.165) is 4.57 Å². The van der Waals surface area contributed by atoms with Crippen LogP contribution in [0.3, 0.4) is 0 Å². The van der Waals surface area contributed by atoms with E-state index in [1.165, 1.54) is 12.5 Å². The molecular weight excluding hydrogens is 304 g/mol. The number of H-pyrrole nitrogens is 1. The van der Waals surface area contributed by atoms with Crippen molar-refractivity contribution in [3.8, 4) is 5.88 Å². The quantitative estimate of drug-likeness (QED) is 0.738. The fourth-order valence-corrected chi connectivity index (χ4v) is 2.21. The summed E-state index contributed by atoms with van der Waals surface area (Å²) in [4.78, 5) is 25.9. The summed E-state index contributed by atoms with van der Waals surface area (Å²) in [7, 11) is 0. The van der Waals surface area contributed by atoms with Gasteiger partial charge in [-0.15, -0.1) is 0 Å². The highest BCUT2D eigenvalue weighted by atomic mass is 16.5. The number of rotatable bonds is 4. The van der Waals surface area contributed by atoms with Crippen molar-refractivity contribution in [2.45, 2.75) is 6.54 Å². The molecular formula is C14H16N4O5. The number of nitrogens with zero attached hydrogens (tertiary/aromatic N) is 3. The number of aromatic nitrogens is 2. The van der Waals surface area contributed by atoms with Crippen LogP contribution in [-0.2, 0) is 11.3 Å². The van der Waals surface area contributed by atoms with Crippen LogP contribution in [0.1, 0.15) is 11.3 Å². The van der Waals surface area contributed by atoms with Crippen molar-refractivity contribution < 1.29 is 14.3 Å². The van der Waals surface area contributed by atoms with Crippen LogP contribution in [0.2, 0.25) is 0 Å². The Morgan fingerprint density at radius 2 is 2.13 bits per heavy atom. The zero-order valence-electron chi connectivity index (χ0n) is 12.3. The summed E-state index contributed by atoms with van der Waals surface area (Å²) in [6.45, 7) is 2.31. The minimum atomic E-state index is -0.715. The van der Waals surface area contributed by atoms with Crippen LogP contribution in [0.5, 0.6) is 5.88 Å². The maximum atomic E-state index is 11.9. The molecule has 0 radical (unpaired) electrons. The zero-order valence-corrected chi connectivity index (χ0v) is 12.3. The monoisotopic (exact) mass is 320 g/mol. The molecule has 2 aromatic heterocycles. The lowest BCUT2D eigenvalue weighted by Crippen LogP contribution is -2.34. The smallest absolute Gasteiger partial charge is 0.331 e. The van der Waals surface area contributed by atoms with Crippen molar-refractivity contribution in [1.29, 1.82) is 0 Å². The summed E-state index contributed by atoms with van der Waals surface area (Å²) in [5, 5.41) is 16.1. The Morgan fingerprint density at radius 3 is 2.83 bits per heavy atom. The summed E-state index contributed by atoms with van der Waals surface area (Å²) >= 11 is 0. The van der Waals surface area contributed by atoms with Crippen LogP contribution >= 0.6 is 0 Å². The normalized spacial score (nSPS) is 15.4. The van der Waals surface area contributed by atoms with Gasteiger partial charge in [-0.05, 0) is 12.1 Å². The number of hydrogen-bond donors (Lipinski definition) is 2. The Bertz CT molecular complexity index is 800. The third kappa shape index (κ3) is 3.34. The Kier molecular flexibility index (Phi) is 4.29. The Labute approximate surface area is 130 Å². The molecule has 122 valence electrons. The molecule has 0 aromatic carbocycles. The first-order valence-corrected chi connectivity index (χ1v) is 7.10. The van der Waals surface area contributed by atoms with Gasteiger partial charge >= 0.3 is 5.69 Å². The van der Waals surface area contributed by atoms with Crippen LogP contribution in [0.25, 0.3) is 0 Å². The number of ether oxygens (including phenoxy) is 1. The molecule has 0 bridgehead atoms. The molecule has 1 aliphatic rings. The molecule has 0 saturated carbocycles. The van der Waals surface area contributed by atoms with Crippen LogP contribution in [0.4, 0.5) is 0 Å². The van der Waals surface area contributed by atoms with Crippen molar-refractivity contribution in [3.05, 3.63) is 50.6 Å². The van der Waals surface area contributed by atoms with E-state index in [1.807, 2.05) is 0 Å². The van der Waals surface area contributed by atoms with Gasteiger partial charge in [0.05, 0.1) is 45.3 Å². The second-order valence-corrected chi connectivity index (χ2v) is 4.97. The topological polar surface area (TPSA) is 113 Å². The first kappa shape index (κ1) is 15.1. The summed E-state index contributed by atoms with van der Waals surface area (Å²) in [6, 6.07) is 3.34. The van der Waals surface area contributed by atoms with Gasteiger partial charge in [-0.2, -0.15) is 5.10 Å². The molecule has 1 aliphatic heterocycles. The average Bonchev–Trinajstić information content (AvgIpc) is 3.05. The first-order chi connectivity index (χ1) is 11.1. The van der Waals surface area contributed by atoms with Gasteiger partial charge in [-0.1, -0.05) is 0 Å². The molecule has 0 unspecified atom stereocenters. The zero-order chi connectivity index (χ0) is 16.2. The van der Waals surface area contributed by atoms with Gasteiger partial charge in [0.25, 0.3) is 5.56 Å². The van der Waals surface area contributed by atoms with Gasteiger partial charge in [0.15, 0.2) is 0 Å². The van der Waals surface area contributed by atoms with E-state index in [-0.39, 0.29) is 12.1 Å². The number of hydrazone groups is 1. The van der Waals surface area contributed by atoms with E-state index >= 15 is 0 Å². The number of aromatic hydroxyl groups is 1. The van der Waals surface area contributed by atoms with Crippen molar-refractivity contribution >= 4 is 6.21 Å². The van der Waals surface area contributed by atoms with E-state index in [4.69, 9.17) is 9.15 Å². The highest BCUT2D eigenvalue weighted by Crippen LogP contribution is 2.11. The Morgan fingerprint density at radius 1 is 1.35 bits per heavy atom. The fraction of sp³-hybridized carbons (Fsp3) is 0.357. The fourth-order valence-electron chi connectivity index (χ4n) is 2.21. The van der Waals surface area contributed by atoms with Crippen molar-refractivity contribution in [1.82, 2.24) is 14.6 Å². The van der Waals surface area contributed by atoms with E-state index < -0.39 is 17.1 Å². The van der Waals surface area contributed by atoms with Gasteiger partial charge in [0.1, 0.15) is 11.3 Å². The van der Waals surface area contributed by atoms with E-state index in [0.29, 0.717) is 32.1 Å². The predicted molar refractivity (Wildman–Crippen MR) is 80.8 cm³/mol. The number of aromatic amines is 1. The van der Waals surface area contributed by atoms with Crippen molar-refractivity contribution in [2.24, 2.45) is 5.10 Å². The van der Waals surface area contributed by atoms with Gasteiger partial charge in [0, 0.05) is 0 Å². The van der Waals surface area contributed by atoms with Crippen LogP contribution in [0.15, 0.2) is 37.5 Å². The molecule has 9 heteroatoms. The highest BCUT2D eigenvalue weighted by molar-refractivity contribution is 5.81. The molecule has 2 aromatic rings. The predicted octanol–water partition coefficient (Wildman–Crippen LogP) is -0.450. The number of nitrogens with one attached hydrogen (secondary N) is 1. The highest BCUT2D eigenvalue weighted by Gasteiger charge is 2.15. The third-order valence-corrected chi connectivity index (χ3v) is 3.44. The van der Waals surface area contributed by atoms with Gasteiger partial charge < -0.3 is 14.3 Å². The van der Waals surface area contributed by atoms with E-state index in [1.54, 1.807) is 17.1 Å². The molecule has 1 fully saturated rings.